The standard InChI is InChI=1S/C18H11F3N2O2/c19-11-4-1-3-10(9-11)18(24)12-7-8-23(25)17(16(12)22)15-13(20)5-2-6-14(15)21/h1-9H,22H2. The van der Waals surface area contributed by atoms with E-state index < -0.39 is 40.2 Å². The number of nitrogens with two attached hydrogens (primary N) is 1. The van der Waals surface area contributed by atoms with Gasteiger partial charge in [-0.25, -0.2) is 13.2 Å². The van der Waals surface area contributed by atoms with Crippen LogP contribution in [0.25, 0.3) is 11.3 Å². The van der Waals surface area contributed by atoms with Crippen LogP contribution in [0.2, 0.25) is 0 Å². The lowest BCUT2D eigenvalue weighted by atomic mass is 9.99. The van der Waals surface area contributed by atoms with Gasteiger partial charge in [-0.15, -0.1) is 0 Å². The average Bonchev–Trinajstić information content (AvgIpc) is 2.57. The van der Waals surface area contributed by atoms with Gasteiger partial charge in [0.2, 0.25) is 0 Å². The Morgan fingerprint density at radius 1 is 1.00 bits per heavy atom. The minimum atomic E-state index is -0.994. The summed E-state index contributed by atoms with van der Waals surface area (Å²) in [7, 11) is 0. The third-order valence-corrected chi connectivity index (χ3v) is 3.67. The van der Waals surface area contributed by atoms with Crippen molar-refractivity contribution < 1.29 is 22.7 Å². The summed E-state index contributed by atoms with van der Waals surface area (Å²) in [5, 5.41) is 12.0. The van der Waals surface area contributed by atoms with Crippen LogP contribution in [0.4, 0.5) is 18.9 Å². The summed E-state index contributed by atoms with van der Waals surface area (Å²) in [5.74, 6) is -3.28. The molecule has 1 heterocycles. The Hall–Kier alpha value is -3.35. The van der Waals surface area contributed by atoms with Crippen LogP contribution < -0.4 is 10.5 Å². The predicted molar refractivity (Wildman–Crippen MR) is 85.0 cm³/mol. The Morgan fingerprint density at radius 3 is 2.28 bits per heavy atom. The van der Waals surface area contributed by atoms with Crippen molar-refractivity contribution in [2.24, 2.45) is 0 Å². The minimum Gasteiger partial charge on any atom is -0.618 e. The number of benzene rings is 2. The Bertz CT molecular complexity index is 970. The smallest absolute Gasteiger partial charge is 0.253 e. The first-order chi connectivity index (χ1) is 11.9. The number of hydrogen-bond donors (Lipinski definition) is 1. The molecule has 126 valence electrons. The molecular formula is C18H11F3N2O2. The molecular weight excluding hydrogens is 333 g/mol. The number of ketones is 1. The molecule has 3 rings (SSSR count). The van der Waals surface area contributed by atoms with Gasteiger partial charge in [-0.2, -0.15) is 4.73 Å². The van der Waals surface area contributed by atoms with Crippen LogP contribution in [0, 0.1) is 22.7 Å². The first-order valence-electron chi connectivity index (χ1n) is 7.16. The van der Waals surface area contributed by atoms with E-state index in [1.54, 1.807) is 0 Å². The number of rotatable bonds is 3. The van der Waals surface area contributed by atoms with Crippen LogP contribution in [-0.2, 0) is 0 Å². The van der Waals surface area contributed by atoms with Crippen LogP contribution in [0.5, 0.6) is 0 Å². The number of carbonyl (C=O) groups is 1. The highest BCUT2D eigenvalue weighted by Crippen LogP contribution is 2.30. The zero-order chi connectivity index (χ0) is 18.1. The second-order valence-corrected chi connectivity index (χ2v) is 5.25. The van der Waals surface area contributed by atoms with Gasteiger partial charge >= 0.3 is 0 Å². The van der Waals surface area contributed by atoms with Gasteiger partial charge in [-0.3, -0.25) is 4.79 Å². The predicted octanol–water partition coefficient (Wildman–Crippen LogP) is 3.22. The zero-order valence-electron chi connectivity index (χ0n) is 12.7. The molecule has 2 N–H and O–H groups in total. The lowest BCUT2D eigenvalue weighted by Crippen LogP contribution is -2.31. The van der Waals surface area contributed by atoms with Crippen molar-refractivity contribution in [3.05, 3.63) is 88.5 Å². The van der Waals surface area contributed by atoms with E-state index in [1.807, 2.05) is 0 Å². The summed E-state index contributed by atoms with van der Waals surface area (Å²) in [6.07, 6.45) is 0.921. The molecule has 0 saturated heterocycles. The average molecular weight is 344 g/mol. The molecule has 1 aromatic heterocycles. The summed E-state index contributed by atoms with van der Waals surface area (Å²) in [6.45, 7) is 0. The van der Waals surface area contributed by atoms with Gasteiger partial charge in [0.1, 0.15) is 28.7 Å². The van der Waals surface area contributed by atoms with Crippen molar-refractivity contribution in [2.75, 3.05) is 5.73 Å². The molecule has 0 aliphatic carbocycles. The van der Waals surface area contributed by atoms with Gasteiger partial charge in [0.15, 0.2) is 12.0 Å². The topological polar surface area (TPSA) is 70.0 Å². The van der Waals surface area contributed by atoms with Crippen LogP contribution >= 0.6 is 0 Å². The fourth-order valence-electron chi connectivity index (χ4n) is 2.50. The van der Waals surface area contributed by atoms with Gasteiger partial charge in [0, 0.05) is 11.6 Å². The molecule has 4 nitrogen and oxygen atoms in total. The van der Waals surface area contributed by atoms with Crippen molar-refractivity contribution >= 4 is 11.5 Å². The molecule has 0 bridgehead atoms. The fraction of sp³-hybridized carbons (Fsp3) is 0. The van der Waals surface area contributed by atoms with Crippen molar-refractivity contribution in [3.8, 4) is 11.3 Å². The third-order valence-electron chi connectivity index (χ3n) is 3.67. The van der Waals surface area contributed by atoms with Gasteiger partial charge in [0.25, 0.3) is 5.69 Å². The number of aromatic nitrogens is 1. The molecule has 0 aliphatic heterocycles. The Kier molecular flexibility index (Phi) is 4.14. The summed E-state index contributed by atoms with van der Waals surface area (Å²) >= 11 is 0. The van der Waals surface area contributed by atoms with E-state index in [0.29, 0.717) is 0 Å². The van der Waals surface area contributed by atoms with E-state index in [4.69, 9.17) is 5.73 Å². The van der Waals surface area contributed by atoms with Crippen LogP contribution in [0.15, 0.2) is 54.7 Å². The number of halogens is 3. The Balaban J connectivity index is 2.21. The Labute approximate surface area is 140 Å². The van der Waals surface area contributed by atoms with E-state index in [1.165, 1.54) is 12.1 Å². The van der Waals surface area contributed by atoms with Gasteiger partial charge in [-0.05, 0) is 24.3 Å². The molecule has 0 fully saturated rings. The number of anilines is 1. The fourth-order valence-corrected chi connectivity index (χ4v) is 2.50. The number of pyridine rings is 1. The summed E-state index contributed by atoms with van der Waals surface area (Å²) in [5.41, 5.74) is 4.16. The molecule has 0 spiro atoms. The first-order valence-corrected chi connectivity index (χ1v) is 7.16. The summed E-state index contributed by atoms with van der Waals surface area (Å²) in [4.78, 5) is 12.5. The molecule has 25 heavy (non-hydrogen) atoms. The molecule has 3 aromatic rings. The molecule has 0 unspecified atom stereocenters. The van der Waals surface area contributed by atoms with Gasteiger partial charge in [-0.1, -0.05) is 18.2 Å². The molecule has 0 amide bonds. The third kappa shape index (κ3) is 2.91. The quantitative estimate of drug-likeness (QED) is 0.451. The maximum Gasteiger partial charge on any atom is 0.253 e. The second kappa shape index (κ2) is 6.27. The molecule has 7 heteroatoms. The van der Waals surface area contributed by atoms with Crippen molar-refractivity contribution in [1.29, 1.82) is 0 Å². The number of nitrogens with zero attached hydrogens (tertiary/aromatic N) is 1. The molecule has 0 radical (unpaired) electrons. The maximum atomic E-state index is 14.0. The summed E-state index contributed by atoms with van der Waals surface area (Å²) in [6, 6.07) is 9.08. The van der Waals surface area contributed by atoms with E-state index in [2.05, 4.69) is 0 Å². The highest BCUT2D eigenvalue weighted by atomic mass is 19.1. The highest BCUT2D eigenvalue weighted by molar-refractivity contribution is 6.13. The van der Waals surface area contributed by atoms with E-state index in [9.17, 15) is 23.2 Å². The minimum absolute atomic E-state index is 0.00435. The second-order valence-electron chi connectivity index (χ2n) is 5.25. The number of carbonyl (C=O) groups excluding carboxylic acids is 1. The lowest BCUT2D eigenvalue weighted by Gasteiger charge is -2.12. The Morgan fingerprint density at radius 2 is 1.64 bits per heavy atom. The van der Waals surface area contributed by atoms with Crippen LogP contribution in [0.1, 0.15) is 15.9 Å². The SMILES string of the molecule is Nc1c(C(=O)c2cccc(F)c2)cc[n+]([O-])c1-c1c(F)cccc1F. The van der Waals surface area contributed by atoms with Crippen LogP contribution in [-0.4, -0.2) is 5.78 Å². The highest BCUT2D eigenvalue weighted by Gasteiger charge is 2.26. The number of hydrogen-bond acceptors (Lipinski definition) is 3. The van der Waals surface area contributed by atoms with E-state index in [0.717, 1.165) is 42.6 Å². The first kappa shape index (κ1) is 16.5. The van der Waals surface area contributed by atoms with Crippen LogP contribution in [0.3, 0.4) is 0 Å². The molecule has 0 aliphatic rings. The van der Waals surface area contributed by atoms with Gasteiger partial charge < -0.3 is 10.9 Å². The normalized spacial score (nSPS) is 10.7. The molecule has 0 saturated carbocycles. The van der Waals surface area contributed by atoms with E-state index in [-0.39, 0.29) is 15.9 Å². The van der Waals surface area contributed by atoms with Crippen molar-refractivity contribution in [1.82, 2.24) is 0 Å². The van der Waals surface area contributed by atoms with E-state index >= 15 is 0 Å². The number of nitrogen functional groups attached to an aromatic ring is 1. The zero-order valence-corrected chi connectivity index (χ0v) is 12.7. The van der Waals surface area contributed by atoms with Gasteiger partial charge in [0.05, 0.1) is 5.56 Å². The molecule has 2 aromatic carbocycles. The largest absolute Gasteiger partial charge is 0.618 e. The molecule has 0 atom stereocenters. The van der Waals surface area contributed by atoms with Crippen molar-refractivity contribution in [2.45, 2.75) is 0 Å². The summed E-state index contributed by atoms with van der Waals surface area (Å²) < 4.78 is 41.5. The maximum absolute atomic E-state index is 14.0. The monoisotopic (exact) mass is 344 g/mol. The lowest BCUT2D eigenvalue weighted by molar-refractivity contribution is -0.593. The van der Waals surface area contributed by atoms with Crippen molar-refractivity contribution in [3.63, 3.8) is 0 Å².